The SMILES string of the molecule is CCC(C)N(C)CCNC(=O)c1cn2c(n1)NCCC2. The molecule has 0 fully saturated rings. The summed E-state index contributed by atoms with van der Waals surface area (Å²) in [4.78, 5) is 18.6. The van der Waals surface area contributed by atoms with Crippen molar-refractivity contribution < 1.29 is 4.79 Å². The van der Waals surface area contributed by atoms with Crippen molar-refractivity contribution in [2.24, 2.45) is 0 Å². The second kappa shape index (κ2) is 6.74. The molecule has 2 rings (SSSR count). The van der Waals surface area contributed by atoms with Crippen LogP contribution in [-0.4, -0.2) is 53.1 Å². The molecule has 1 aliphatic heterocycles. The number of carbonyl (C=O) groups is 1. The number of aromatic nitrogens is 2. The van der Waals surface area contributed by atoms with Crippen LogP contribution in [0.25, 0.3) is 0 Å². The summed E-state index contributed by atoms with van der Waals surface area (Å²) in [5.74, 6) is 0.712. The fourth-order valence-electron chi connectivity index (χ4n) is 2.25. The van der Waals surface area contributed by atoms with E-state index in [0.29, 0.717) is 18.3 Å². The van der Waals surface area contributed by atoms with E-state index in [2.05, 4.69) is 41.4 Å². The summed E-state index contributed by atoms with van der Waals surface area (Å²) in [6, 6.07) is 0.538. The number of aryl methyl sites for hydroxylation is 1. The zero-order chi connectivity index (χ0) is 14.5. The molecular formula is C14H25N5O. The lowest BCUT2D eigenvalue weighted by Crippen LogP contribution is -2.37. The van der Waals surface area contributed by atoms with Gasteiger partial charge in [-0.05, 0) is 26.8 Å². The fourth-order valence-corrected chi connectivity index (χ4v) is 2.25. The van der Waals surface area contributed by atoms with E-state index in [1.54, 1.807) is 0 Å². The maximum absolute atomic E-state index is 12.1. The van der Waals surface area contributed by atoms with Crippen LogP contribution in [0.4, 0.5) is 5.95 Å². The molecule has 112 valence electrons. The standard InChI is InChI=1S/C14H25N5O/c1-4-11(2)18(3)9-7-15-13(20)12-10-19-8-5-6-16-14(19)17-12/h10-11H,4-9H2,1-3H3,(H,15,20)(H,16,17). The molecule has 1 atom stereocenters. The molecule has 0 aliphatic carbocycles. The molecule has 1 unspecified atom stereocenters. The summed E-state index contributed by atoms with van der Waals surface area (Å²) >= 11 is 0. The number of hydrogen-bond donors (Lipinski definition) is 2. The molecule has 0 aromatic carbocycles. The van der Waals surface area contributed by atoms with Gasteiger partial charge in [-0.3, -0.25) is 4.79 Å². The van der Waals surface area contributed by atoms with E-state index in [0.717, 1.165) is 38.4 Å². The summed E-state index contributed by atoms with van der Waals surface area (Å²) in [7, 11) is 2.08. The van der Waals surface area contributed by atoms with E-state index in [9.17, 15) is 4.79 Å². The Morgan fingerprint density at radius 1 is 1.65 bits per heavy atom. The van der Waals surface area contributed by atoms with Crippen LogP contribution >= 0.6 is 0 Å². The van der Waals surface area contributed by atoms with Gasteiger partial charge in [0.2, 0.25) is 5.95 Å². The Bertz CT molecular complexity index is 433. The van der Waals surface area contributed by atoms with E-state index >= 15 is 0 Å². The number of nitrogens with one attached hydrogen (secondary N) is 2. The van der Waals surface area contributed by atoms with Crippen LogP contribution in [0.2, 0.25) is 0 Å². The highest BCUT2D eigenvalue weighted by Crippen LogP contribution is 2.13. The van der Waals surface area contributed by atoms with Crippen molar-refractivity contribution in [2.75, 3.05) is 32.0 Å². The van der Waals surface area contributed by atoms with Gasteiger partial charge in [0, 0.05) is 38.4 Å². The van der Waals surface area contributed by atoms with Gasteiger partial charge in [-0.15, -0.1) is 0 Å². The second-order valence-electron chi connectivity index (χ2n) is 5.42. The van der Waals surface area contributed by atoms with Gasteiger partial charge in [0.05, 0.1) is 0 Å². The van der Waals surface area contributed by atoms with E-state index in [4.69, 9.17) is 0 Å². The quantitative estimate of drug-likeness (QED) is 0.820. The van der Waals surface area contributed by atoms with Gasteiger partial charge in [-0.1, -0.05) is 6.92 Å². The van der Waals surface area contributed by atoms with Crippen LogP contribution in [0, 0.1) is 0 Å². The van der Waals surface area contributed by atoms with Crippen molar-refractivity contribution in [1.29, 1.82) is 0 Å². The van der Waals surface area contributed by atoms with Crippen molar-refractivity contribution >= 4 is 11.9 Å². The van der Waals surface area contributed by atoms with E-state index in [1.807, 2.05) is 10.8 Å². The van der Waals surface area contributed by atoms with Gasteiger partial charge in [0.15, 0.2) is 0 Å². The fraction of sp³-hybridized carbons (Fsp3) is 0.714. The lowest BCUT2D eigenvalue weighted by molar-refractivity contribution is 0.0943. The Hall–Kier alpha value is -1.56. The first-order chi connectivity index (χ1) is 9.61. The lowest BCUT2D eigenvalue weighted by atomic mass is 10.2. The Labute approximate surface area is 120 Å². The largest absolute Gasteiger partial charge is 0.356 e. The number of amides is 1. The average molecular weight is 279 g/mol. The smallest absolute Gasteiger partial charge is 0.271 e. The number of likely N-dealkylation sites (N-methyl/N-ethyl adjacent to an activating group) is 1. The first-order valence-electron chi connectivity index (χ1n) is 7.41. The van der Waals surface area contributed by atoms with Gasteiger partial charge in [0.25, 0.3) is 5.91 Å². The van der Waals surface area contributed by atoms with Gasteiger partial charge >= 0.3 is 0 Å². The number of imidazole rings is 1. The summed E-state index contributed by atoms with van der Waals surface area (Å²) in [5, 5.41) is 6.13. The summed E-state index contributed by atoms with van der Waals surface area (Å²) in [5.41, 5.74) is 0.501. The first-order valence-corrected chi connectivity index (χ1v) is 7.41. The third kappa shape index (κ3) is 3.50. The van der Waals surface area contributed by atoms with Crippen LogP contribution < -0.4 is 10.6 Å². The Morgan fingerprint density at radius 2 is 2.45 bits per heavy atom. The van der Waals surface area contributed by atoms with Crippen molar-refractivity contribution in [3.63, 3.8) is 0 Å². The zero-order valence-corrected chi connectivity index (χ0v) is 12.6. The number of rotatable bonds is 6. The molecule has 0 bridgehead atoms. The summed E-state index contributed by atoms with van der Waals surface area (Å²) in [6.45, 7) is 7.72. The molecule has 1 aliphatic rings. The van der Waals surface area contributed by atoms with Crippen LogP contribution in [-0.2, 0) is 6.54 Å². The molecule has 6 heteroatoms. The number of anilines is 1. The highest BCUT2D eigenvalue weighted by molar-refractivity contribution is 5.92. The maximum atomic E-state index is 12.1. The van der Waals surface area contributed by atoms with Gasteiger partial charge in [-0.2, -0.15) is 0 Å². The van der Waals surface area contributed by atoms with Crippen LogP contribution in [0.3, 0.4) is 0 Å². The van der Waals surface area contributed by atoms with Crippen molar-refractivity contribution in [3.05, 3.63) is 11.9 Å². The minimum atomic E-state index is -0.0914. The molecule has 6 nitrogen and oxygen atoms in total. The Balaban J connectivity index is 1.81. The molecular weight excluding hydrogens is 254 g/mol. The average Bonchev–Trinajstić information content (AvgIpc) is 2.90. The molecule has 1 amide bonds. The molecule has 2 heterocycles. The van der Waals surface area contributed by atoms with Crippen molar-refractivity contribution in [2.45, 2.75) is 39.3 Å². The molecule has 20 heavy (non-hydrogen) atoms. The number of hydrogen-bond acceptors (Lipinski definition) is 4. The number of nitrogens with zero attached hydrogens (tertiary/aromatic N) is 3. The highest BCUT2D eigenvalue weighted by atomic mass is 16.1. The minimum absolute atomic E-state index is 0.0914. The first kappa shape index (κ1) is 14.8. The molecule has 1 aromatic heterocycles. The molecule has 2 N–H and O–H groups in total. The summed E-state index contributed by atoms with van der Waals surface area (Å²) in [6.07, 6.45) is 4.02. The molecule has 0 spiro atoms. The van der Waals surface area contributed by atoms with Crippen LogP contribution in [0.1, 0.15) is 37.2 Å². The minimum Gasteiger partial charge on any atom is -0.356 e. The molecule has 0 radical (unpaired) electrons. The monoisotopic (exact) mass is 279 g/mol. The van der Waals surface area contributed by atoms with Crippen molar-refractivity contribution in [3.8, 4) is 0 Å². The predicted molar refractivity (Wildman–Crippen MR) is 80.0 cm³/mol. The Morgan fingerprint density at radius 3 is 3.15 bits per heavy atom. The second-order valence-corrected chi connectivity index (χ2v) is 5.42. The Kier molecular flexibility index (Phi) is 5.00. The third-order valence-corrected chi connectivity index (χ3v) is 3.96. The summed E-state index contributed by atoms with van der Waals surface area (Å²) < 4.78 is 2.00. The third-order valence-electron chi connectivity index (χ3n) is 3.96. The van der Waals surface area contributed by atoms with E-state index < -0.39 is 0 Å². The van der Waals surface area contributed by atoms with Gasteiger partial charge in [-0.25, -0.2) is 4.98 Å². The molecule has 0 saturated heterocycles. The topological polar surface area (TPSA) is 62.2 Å². The highest BCUT2D eigenvalue weighted by Gasteiger charge is 2.16. The number of carbonyl (C=O) groups excluding carboxylic acids is 1. The number of fused-ring (bicyclic) bond motifs is 1. The normalized spacial score (nSPS) is 15.6. The zero-order valence-electron chi connectivity index (χ0n) is 12.6. The predicted octanol–water partition coefficient (Wildman–Crippen LogP) is 1.16. The molecule has 1 aromatic rings. The van der Waals surface area contributed by atoms with Crippen LogP contribution in [0.5, 0.6) is 0 Å². The van der Waals surface area contributed by atoms with Gasteiger partial charge < -0.3 is 20.1 Å². The molecule has 0 saturated carbocycles. The van der Waals surface area contributed by atoms with Crippen LogP contribution in [0.15, 0.2) is 6.20 Å². The van der Waals surface area contributed by atoms with E-state index in [-0.39, 0.29) is 5.91 Å². The maximum Gasteiger partial charge on any atom is 0.271 e. The van der Waals surface area contributed by atoms with Crippen molar-refractivity contribution in [1.82, 2.24) is 19.8 Å². The lowest BCUT2D eigenvalue weighted by Gasteiger charge is -2.23. The van der Waals surface area contributed by atoms with Gasteiger partial charge in [0.1, 0.15) is 5.69 Å². The van der Waals surface area contributed by atoms with E-state index in [1.165, 1.54) is 0 Å².